The number of nitrogens with two attached hydrogens (primary N) is 1. The maximum Gasteiger partial charge on any atom is 0.199 e. The van der Waals surface area contributed by atoms with E-state index in [4.69, 9.17) is 5.73 Å². The van der Waals surface area contributed by atoms with E-state index in [0.717, 1.165) is 17.3 Å². The molecule has 0 saturated carbocycles. The molecule has 1 aromatic carbocycles. The molecular formula is C19H13N5O2S. The molecule has 0 radical (unpaired) electrons. The number of thioether (sulfide) groups is 1. The molecule has 0 saturated heterocycles. The number of nitriles is 1. The molecule has 132 valence electrons. The van der Waals surface area contributed by atoms with Crippen LogP contribution in [0, 0.1) is 11.3 Å². The van der Waals surface area contributed by atoms with Crippen LogP contribution in [0.1, 0.15) is 33.2 Å². The molecule has 0 atom stereocenters. The lowest BCUT2D eigenvalue weighted by Gasteiger charge is -2.01. The maximum atomic E-state index is 12.5. The van der Waals surface area contributed by atoms with Gasteiger partial charge in [0.25, 0.3) is 0 Å². The van der Waals surface area contributed by atoms with Gasteiger partial charge in [-0.15, -0.1) is 5.10 Å². The molecule has 8 heteroatoms. The number of rotatable bonds is 3. The van der Waals surface area contributed by atoms with Gasteiger partial charge in [0.2, 0.25) is 0 Å². The second-order valence-corrected chi connectivity index (χ2v) is 6.52. The van der Waals surface area contributed by atoms with E-state index < -0.39 is 11.6 Å². The van der Waals surface area contributed by atoms with Crippen molar-refractivity contribution in [2.75, 3.05) is 0 Å². The van der Waals surface area contributed by atoms with Crippen molar-refractivity contribution in [2.45, 2.75) is 6.92 Å². The van der Waals surface area contributed by atoms with Gasteiger partial charge in [0.05, 0.1) is 11.3 Å². The second kappa shape index (κ2) is 7.76. The fourth-order valence-corrected chi connectivity index (χ4v) is 3.10. The van der Waals surface area contributed by atoms with Crippen LogP contribution in [0.4, 0.5) is 0 Å². The zero-order chi connectivity index (χ0) is 19.4. The Bertz CT molecular complexity index is 1030. The Morgan fingerprint density at radius 3 is 2.33 bits per heavy atom. The standard InChI is InChI=1S/C19H13N5O2S/c1-11(12-5-4-8-22-10-12)23-24-19(21)27-15(9-20)16-17(25)13-6-2-3-7-14(13)18(16)26/h2-8,10H,1H3,(H2,21,24)/b23-11-. The number of pyridine rings is 1. The molecule has 1 aliphatic rings. The summed E-state index contributed by atoms with van der Waals surface area (Å²) in [6.07, 6.45) is 3.27. The number of fused-ring (bicyclic) bond motifs is 1. The molecule has 1 heterocycles. The van der Waals surface area contributed by atoms with Gasteiger partial charge in [-0.1, -0.05) is 30.3 Å². The van der Waals surface area contributed by atoms with Gasteiger partial charge in [0, 0.05) is 29.1 Å². The van der Waals surface area contributed by atoms with Gasteiger partial charge in [-0.3, -0.25) is 14.6 Å². The van der Waals surface area contributed by atoms with Crippen LogP contribution < -0.4 is 5.73 Å². The number of benzene rings is 1. The molecule has 27 heavy (non-hydrogen) atoms. The van der Waals surface area contributed by atoms with E-state index in [2.05, 4.69) is 15.2 Å². The smallest absolute Gasteiger partial charge is 0.199 e. The van der Waals surface area contributed by atoms with E-state index in [-0.39, 0.29) is 26.8 Å². The minimum absolute atomic E-state index is 0.0566. The van der Waals surface area contributed by atoms with Gasteiger partial charge in [0.1, 0.15) is 11.0 Å². The molecule has 0 spiro atoms. The number of carbonyl (C=O) groups excluding carboxylic acids is 2. The number of amidine groups is 1. The number of ketones is 2. The maximum absolute atomic E-state index is 12.5. The Labute approximate surface area is 159 Å². The van der Waals surface area contributed by atoms with Crippen molar-refractivity contribution in [1.82, 2.24) is 4.98 Å². The van der Waals surface area contributed by atoms with Crippen LogP contribution in [0.2, 0.25) is 0 Å². The highest BCUT2D eigenvalue weighted by Crippen LogP contribution is 2.32. The summed E-state index contributed by atoms with van der Waals surface area (Å²) in [5.41, 5.74) is 7.56. The molecule has 7 nitrogen and oxygen atoms in total. The molecule has 2 aromatic rings. The molecule has 0 fully saturated rings. The first-order chi connectivity index (χ1) is 13.0. The zero-order valence-corrected chi connectivity index (χ0v) is 15.0. The SMILES string of the molecule is C/C(=N/N=C(\N)SC(C#N)=C1C(=O)c2ccccc2C1=O)c1cccnc1. The second-order valence-electron chi connectivity index (χ2n) is 5.49. The van der Waals surface area contributed by atoms with Crippen molar-refractivity contribution < 1.29 is 9.59 Å². The van der Waals surface area contributed by atoms with E-state index in [0.29, 0.717) is 5.71 Å². The minimum Gasteiger partial charge on any atom is -0.377 e. The highest BCUT2D eigenvalue weighted by Gasteiger charge is 2.35. The Hall–Kier alpha value is -3.57. The zero-order valence-electron chi connectivity index (χ0n) is 14.2. The number of aromatic nitrogens is 1. The van der Waals surface area contributed by atoms with Crippen molar-refractivity contribution in [3.05, 3.63) is 76.0 Å². The lowest BCUT2D eigenvalue weighted by atomic mass is 10.1. The summed E-state index contributed by atoms with van der Waals surface area (Å²) in [6.45, 7) is 1.74. The average Bonchev–Trinajstić information content (AvgIpc) is 2.96. The van der Waals surface area contributed by atoms with Crippen molar-refractivity contribution in [2.24, 2.45) is 15.9 Å². The van der Waals surface area contributed by atoms with Crippen molar-refractivity contribution in [3.8, 4) is 6.07 Å². The topological polar surface area (TPSA) is 122 Å². The fraction of sp³-hybridized carbons (Fsp3) is 0.0526. The quantitative estimate of drug-likeness (QED) is 0.220. The Kier molecular flexibility index (Phi) is 5.24. The summed E-state index contributed by atoms with van der Waals surface area (Å²) in [6, 6.07) is 11.9. The van der Waals surface area contributed by atoms with E-state index >= 15 is 0 Å². The summed E-state index contributed by atoms with van der Waals surface area (Å²) >= 11 is 0.739. The normalized spacial score (nSPS) is 14.1. The molecule has 0 aliphatic heterocycles. The highest BCUT2D eigenvalue weighted by molar-refractivity contribution is 8.17. The van der Waals surface area contributed by atoms with Crippen LogP contribution in [0.5, 0.6) is 0 Å². The van der Waals surface area contributed by atoms with Crippen LogP contribution in [0.15, 0.2) is 69.5 Å². The summed E-state index contributed by atoms with van der Waals surface area (Å²) in [5.74, 6) is -0.968. The minimum atomic E-state index is -0.484. The van der Waals surface area contributed by atoms with Gasteiger partial charge >= 0.3 is 0 Å². The molecule has 0 amide bonds. The molecule has 0 unspecified atom stereocenters. The molecule has 2 N–H and O–H groups in total. The molecule has 1 aliphatic carbocycles. The third-order valence-corrected chi connectivity index (χ3v) is 4.57. The fourth-order valence-electron chi connectivity index (χ4n) is 2.47. The monoisotopic (exact) mass is 375 g/mol. The van der Waals surface area contributed by atoms with Crippen LogP contribution in [0.3, 0.4) is 0 Å². The van der Waals surface area contributed by atoms with Gasteiger partial charge in [-0.2, -0.15) is 10.4 Å². The lowest BCUT2D eigenvalue weighted by molar-refractivity contribution is 0.0988. The number of allylic oxidation sites excluding steroid dienone is 2. The van der Waals surface area contributed by atoms with Crippen LogP contribution in [-0.4, -0.2) is 27.4 Å². The lowest BCUT2D eigenvalue weighted by Crippen LogP contribution is -2.10. The Morgan fingerprint density at radius 1 is 1.11 bits per heavy atom. The third-order valence-electron chi connectivity index (χ3n) is 3.78. The molecule has 1 aromatic heterocycles. The van der Waals surface area contributed by atoms with Gasteiger partial charge < -0.3 is 5.73 Å². The highest BCUT2D eigenvalue weighted by atomic mass is 32.2. The van der Waals surface area contributed by atoms with Crippen molar-refractivity contribution >= 4 is 34.2 Å². The first kappa shape index (κ1) is 18.2. The van der Waals surface area contributed by atoms with E-state index in [9.17, 15) is 14.9 Å². The average molecular weight is 375 g/mol. The number of Topliss-reactive ketones (excluding diaryl/α,β-unsaturated/α-hetero) is 2. The Balaban J connectivity index is 1.88. The number of hydrogen-bond acceptors (Lipinski definition) is 7. The first-order valence-electron chi connectivity index (χ1n) is 7.81. The summed E-state index contributed by atoms with van der Waals surface area (Å²) in [5, 5.41) is 17.2. The predicted octanol–water partition coefficient (Wildman–Crippen LogP) is 2.71. The molecule has 0 bridgehead atoms. The van der Waals surface area contributed by atoms with Gasteiger partial charge in [-0.25, -0.2) is 0 Å². The number of hydrogen-bond donors (Lipinski definition) is 1. The van der Waals surface area contributed by atoms with E-state index in [1.165, 1.54) is 0 Å². The van der Waals surface area contributed by atoms with Crippen molar-refractivity contribution in [3.63, 3.8) is 0 Å². The van der Waals surface area contributed by atoms with Crippen LogP contribution >= 0.6 is 11.8 Å². The summed E-state index contributed by atoms with van der Waals surface area (Å²) < 4.78 is 0. The number of nitrogens with zero attached hydrogens (tertiary/aromatic N) is 4. The first-order valence-corrected chi connectivity index (χ1v) is 8.63. The van der Waals surface area contributed by atoms with E-state index in [1.807, 2.05) is 12.1 Å². The van der Waals surface area contributed by atoms with Crippen LogP contribution in [-0.2, 0) is 0 Å². The largest absolute Gasteiger partial charge is 0.377 e. The van der Waals surface area contributed by atoms with Crippen molar-refractivity contribution in [1.29, 1.82) is 5.26 Å². The van der Waals surface area contributed by atoms with Gasteiger partial charge in [-0.05, 0) is 24.8 Å². The summed E-state index contributed by atoms with van der Waals surface area (Å²) in [7, 11) is 0. The van der Waals surface area contributed by atoms with E-state index in [1.54, 1.807) is 49.6 Å². The van der Waals surface area contributed by atoms with Crippen LogP contribution in [0.25, 0.3) is 0 Å². The molecular weight excluding hydrogens is 362 g/mol. The summed E-state index contributed by atoms with van der Waals surface area (Å²) in [4.78, 5) is 28.9. The Morgan fingerprint density at radius 2 is 1.78 bits per heavy atom. The number of carbonyl (C=O) groups is 2. The third kappa shape index (κ3) is 3.68. The van der Waals surface area contributed by atoms with Gasteiger partial charge in [0.15, 0.2) is 16.7 Å². The molecule has 3 rings (SSSR count). The predicted molar refractivity (Wildman–Crippen MR) is 103 cm³/mol.